The van der Waals surface area contributed by atoms with Gasteiger partial charge in [0.25, 0.3) is 0 Å². The van der Waals surface area contributed by atoms with E-state index < -0.39 is 0 Å². The van der Waals surface area contributed by atoms with Crippen LogP contribution in [0.2, 0.25) is 0 Å². The van der Waals surface area contributed by atoms with Crippen LogP contribution >= 0.6 is 0 Å². The molecular formula is C14H22N2. The molecule has 16 heavy (non-hydrogen) atoms. The number of nitrogens with zero attached hydrogens (tertiary/aromatic N) is 1. The SMILES string of the molecule is CN(CCCc1cccc(N)c1)C1CCC1. The number of hydrogen-bond acceptors (Lipinski definition) is 2. The average molecular weight is 218 g/mol. The molecule has 1 aromatic rings. The van der Waals surface area contributed by atoms with Gasteiger partial charge < -0.3 is 10.6 Å². The van der Waals surface area contributed by atoms with Crippen molar-refractivity contribution in [1.29, 1.82) is 0 Å². The molecule has 0 radical (unpaired) electrons. The summed E-state index contributed by atoms with van der Waals surface area (Å²) in [6.45, 7) is 1.21. The summed E-state index contributed by atoms with van der Waals surface area (Å²) in [4.78, 5) is 2.51. The molecule has 0 heterocycles. The van der Waals surface area contributed by atoms with Gasteiger partial charge in [0.2, 0.25) is 0 Å². The fourth-order valence-corrected chi connectivity index (χ4v) is 2.29. The summed E-state index contributed by atoms with van der Waals surface area (Å²) in [5.74, 6) is 0. The average Bonchev–Trinajstić information content (AvgIpc) is 2.15. The van der Waals surface area contributed by atoms with Crippen LogP contribution in [-0.4, -0.2) is 24.5 Å². The van der Waals surface area contributed by atoms with Crippen LogP contribution in [0.25, 0.3) is 0 Å². The molecule has 0 aromatic heterocycles. The summed E-state index contributed by atoms with van der Waals surface area (Å²) in [5.41, 5.74) is 8.00. The molecule has 2 nitrogen and oxygen atoms in total. The van der Waals surface area contributed by atoms with Crippen molar-refractivity contribution in [3.05, 3.63) is 29.8 Å². The van der Waals surface area contributed by atoms with E-state index in [9.17, 15) is 0 Å². The summed E-state index contributed by atoms with van der Waals surface area (Å²) < 4.78 is 0. The molecule has 2 heteroatoms. The van der Waals surface area contributed by atoms with Crippen LogP contribution in [0.15, 0.2) is 24.3 Å². The van der Waals surface area contributed by atoms with E-state index >= 15 is 0 Å². The van der Waals surface area contributed by atoms with E-state index in [0.29, 0.717) is 0 Å². The molecule has 0 amide bonds. The van der Waals surface area contributed by atoms with Gasteiger partial charge in [-0.25, -0.2) is 0 Å². The Hall–Kier alpha value is -1.02. The van der Waals surface area contributed by atoms with Crippen LogP contribution in [0.1, 0.15) is 31.2 Å². The van der Waals surface area contributed by atoms with E-state index in [1.165, 1.54) is 37.8 Å². The Kier molecular flexibility index (Phi) is 3.83. The second-order valence-electron chi connectivity index (χ2n) is 4.91. The van der Waals surface area contributed by atoms with E-state index in [0.717, 1.165) is 18.2 Å². The molecule has 2 N–H and O–H groups in total. The Morgan fingerprint density at radius 3 is 2.81 bits per heavy atom. The van der Waals surface area contributed by atoms with Gasteiger partial charge in [0, 0.05) is 11.7 Å². The first kappa shape index (κ1) is 11.5. The predicted octanol–water partition coefficient (Wildman–Crippen LogP) is 2.69. The third-order valence-electron chi connectivity index (χ3n) is 3.63. The first-order valence-corrected chi connectivity index (χ1v) is 6.30. The van der Waals surface area contributed by atoms with Crippen LogP contribution in [0, 0.1) is 0 Å². The summed E-state index contributed by atoms with van der Waals surface area (Å²) in [5, 5.41) is 0. The number of rotatable bonds is 5. The Bertz CT molecular complexity index is 331. The number of aryl methyl sites for hydroxylation is 1. The van der Waals surface area contributed by atoms with Crippen molar-refractivity contribution < 1.29 is 0 Å². The second-order valence-corrected chi connectivity index (χ2v) is 4.91. The van der Waals surface area contributed by atoms with Crippen molar-refractivity contribution in [3.8, 4) is 0 Å². The highest BCUT2D eigenvalue weighted by Gasteiger charge is 2.20. The lowest BCUT2D eigenvalue weighted by Crippen LogP contribution is -2.37. The van der Waals surface area contributed by atoms with Gasteiger partial charge in [-0.2, -0.15) is 0 Å². The minimum absolute atomic E-state index is 0.862. The Morgan fingerprint density at radius 2 is 2.19 bits per heavy atom. The van der Waals surface area contributed by atoms with Gasteiger partial charge in [-0.15, -0.1) is 0 Å². The van der Waals surface area contributed by atoms with Crippen molar-refractivity contribution in [3.63, 3.8) is 0 Å². The lowest BCUT2D eigenvalue weighted by molar-refractivity contribution is 0.158. The topological polar surface area (TPSA) is 29.3 Å². The molecular weight excluding hydrogens is 196 g/mol. The molecule has 1 fully saturated rings. The molecule has 0 spiro atoms. The molecule has 0 bridgehead atoms. The molecule has 88 valence electrons. The van der Waals surface area contributed by atoms with Gasteiger partial charge >= 0.3 is 0 Å². The quantitative estimate of drug-likeness (QED) is 0.770. The van der Waals surface area contributed by atoms with E-state index in [-0.39, 0.29) is 0 Å². The fourth-order valence-electron chi connectivity index (χ4n) is 2.29. The van der Waals surface area contributed by atoms with Crippen LogP contribution in [0.4, 0.5) is 5.69 Å². The normalized spacial score (nSPS) is 16.4. The lowest BCUT2D eigenvalue weighted by atomic mass is 9.92. The third-order valence-corrected chi connectivity index (χ3v) is 3.63. The monoisotopic (exact) mass is 218 g/mol. The van der Waals surface area contributed by atoms with Gasteiger partial charge in [-0.1, -0.05) is 18.6 Å². The maximum atomic E-state index is 5.76. The van der Waals surface area contributed by atoms with Crippen LogP contribution < -0.4 is 5.73 Å². The summed E-state index contributed by atoms with van der Waals surface area (Å²) in [6.07, 6.45) is 6.59. The van der Waals surface area contributed by atoms with Crippen molar-refractivity contribution >= 4 is 5.69 Å². The smallest absolute Gasteiger partial charge is 0.0316 e. The molecule has 1 aliphatic rings. The number of nitrogen functional groups attached to an aromatic ring is 1. The van der Waals surface area contributed by atoms with Crippen molar-refractivity contribution in [2.75, 3.05) is 19.3 Å². The summed E-state index contributed by atoms with van der Waals surface area (Å²) in [7, 11) is 2.25. The zero-order valence-corrected chi connectivity index (χ0v) is 10.2. The van der Waals surface area contributed by atoms with Gasteiger partial charge in [0.05, 0.1) is 0 Å². The van der Waals surface area contributed by atoms with Crippen LogP contribution in [-0.2, 0) is 6.42 Å². The highest BCUT2D eigenvalue weighted by atomic mass is 15.1. The number of nitrogens with two attached hydrogens (primary N) is 1. The van der Waals surface area contributed by atoms with Crippen LogP contribution in [0.5, 0.6) is 0 Å². The lowest BCUT2D eigenvalue weighted by Gasteiger charge is -2.34. The second kappa shape index (κ2) is 5.35. The molecule has 1 aromatic carbocycles. The molecule has 0 atom stereocenters. The largest absolute Gasteiger partial charge is 0.399 e. The zero-order chi connectivity index (χ0) is 11.4. The van der Waals surface area contributed by atoms with Gasteiger partial charge in [0.1, 0.15) is 0 Å². The standard InChI is InChI=1S/C14H22N2/c1-16(14-8-3-9-14)10-4-6-12-5-2-7-13(15)11-12/h2,5,7,11,14H,3-4,6,8-10,15H2,1H3. The molecule has 1 aliphatic carbocycles. The van der Waals surface area contributed by atoms with Crippen molar-refractivity contribution in [2.24, 2.45) is 0 Å². The van der Waals surface area contributed by atoms with E-state index in [2.05, 4.69) is 24.1 Å². The maximum Gasteiger partial charge on any atom is 0.0316 e. The summed E-state index contributed by atoms with van der Waals surface area (Å²) >= 11 is 0. The first-order chi connectivity index (χ1) is 7.75. The minimum atomic E-state index is 0.862. The summed E-state index contributed by atoms with van der Waals surface area (Å²) in [6, 6.07) is 9.11. The van der Waals surface area contributed by atoms with E-state index in [1.807, 2.05) is 12.1 Å². The van der Waals surface area contributed by atoms with Crippen LogP contribution in [0.3, 0.4) is 0 Å². The van der Waals surface area contributed by atoms with E-state index in [1.54, 1.807) is 0 Å². The van der Waals surface area contributed by atoms with E-state index in [4.69, 9.17) is 5.73 Å². The molecule has 0 aliphatic heterocycles. The Labute approximate surface area is 98.4 Å². The first-order valence-electron chi connectivity index (χ1n) is 6.30. The number of hydrogen-bond donors (Lipinski definition) is 1. The molecule has 2 rings (SSSR count). The number of benzene rings is 1. The fraction of sp³-hybridized carbons (Fsp3) is 0.571. The minimum Gasteiger partial charge on any atom is -0.399 e. The Morgan fingerprint density at radius 1 is 1.38 bits per heavy atom. The predicted molar refractivity (Wildman–Crippen MR) is 69.4 cm³/mol. The maximum absolute atomic E-state index is 5.76. The number of anilines is 1. The molecule has 0 unspecified atom stereocenters. The molecule has 1 saturated carbocycles. The Balaban J connectivity index is 1.71. The highest BCUT2D eigenvalue weighted by molar-refractivity contribution is 5.40. The molecule has 0 saturated heterocycles. The van der Waals surface area contributed by atoms with Crippen molar-refractivity contribution in [2.45, 2.75) is 38.1 Å². The van der Waals surface area contributed by atoms with Crippen molar-refractivity contribution in [1.82, 2.24) is 4.90 Å². The zero-order valence-electron chi connectivity index (χ0n) is 10.2. The highest BCUT2D eigenvalue weighted by Crippen LogP contribution is 2.23. The van der Waals surface area contributed by atoms with Gasteiger partial charge in [-0.3, -0.25) is 0 Å². The third kappa shape index (κ3) is 2.99. The van der Waals surface area contributed by atoms with Gasteiger partial charge in [0.15, 0.2) is 0 Å². The van der Waals surface area contributed by atoms with Gasteiger partial charge in [-0.05, 0) is 57.0 Å².